The number of amides is 1. The first kappa shape index (κ1) is 21.0. The van der Waals surface area contributed by atoms with E-state index in [0.29, 0.717) is 24.3 Å². The highest BCUT2D eigenvalue weighted by molar-refractivity contribution is 5.95. The van der Waals surface area contributed by atoms with Gasteiger partial charge in [0, 0.05) is 25.8 Å². The lowest BCUT2D eigenvalue weighted by Gasteiger charge is -2.40. The van der Waals surface area contributed by atoms with Gasteiger partial charge in [-0.2, -0.15) is 18.3 Å². The molecule has 1 aliphatic heterocycles. The van der Waals surface area contributed by atoms with E-state index in [1.165, 1.54) is 16.9 Å². The fraction of sp³-hybridized carbons (Fsp3) is 0.318. The molecule has 0 aliphatic carbocycles. The molecule has 3 heterocycles. The van der Waals surface area contributed by atoms with E-state index in [1.54, 1.807) is 6.92 Å². The highest BCUT2D eigenvalue weighted by Crippen LogP contribution is 2.30. The lowest BCUT2D eigenvalue weighted by Crippen LogP contribution is -2.49. The molecule has 162 valence electrons. The normalized spacial score (nSPS) is 17.7. The van der Waals surface area contributed by atoms with E-state index >= 15 is 0 Å². The molecule has 0 radical (unpaired) electrons. The number of hydrogen-bond acceptors (Lipinski definition) is 4. The van der Waals surface area contributed by atoms with E-state index in [1.807, 2.05) is 42.3 Å². The molecule has 4 rings (SSSR count). The summed E-state index contributed by atoms with van der Waals surface area (Å²) in [7, 11) is 2.03. The molecule has 1 unspecified atom stereocenters. The minimum atomic E-state index is -4.46. The zero-order chi connectivity index (χ0) is 22.2. The van der Waals surface area contributed by atoms with Crippen LogP contribution in [0.4, 0.5) is 13.2 Å². The van der Waals surface area contributed by atoms with Gasteiger partial charge in [-0.25, -0.2) is 9.67 Å². The Morgan fingerprint density at radius 2 is 1.81 bits per heavy atom. The van der Waals surface area contributed by atoms with Crippen LogP contribution in [0.1, 0.15) is 33.2 Å². The van der Waals surface area contributed by atoms with Crippen LogP contribution < -0.4 is 0 Å². The summed E-state index contributed by atoms with van der Waals surface area (Å²) in [5, 5.41) is 4.22. The van der Waals surface area contributed by atoms with Crippen molar-refractivity contribution in [2.24, 2.45) is 0 Å². The average Bonchev–Trinajstić information content (AvgIpc) is 3.14. The summed E-state index contributed by atoms with van der Waals surface area (Å²) < 4.78 is 39.8. The van der Waals surface area contributed by atoms with E-state index in [4.69, 9.17) is 0 Å². The Balaban J connectivity index is 1.63. The van der Waals surface area contributed by atoms with Gasteiger partial charge < -0.3 is 9.80 Å². The van der Waals surface area contributed by atoms with Crippen LogP contribution in [0.3, 0.4) is 0 Å². The second-order valence-electron chi connectivity index (χ2n) is 7.65. The van der Waals surface area contributed by atoms with Crippen molar-refractivity contribution in [1.82, 2.24) is 24.6 Å². The molecule has 0 spiro atoms. The van der Waals surface area contributed by atoms with Gasteiger partial charge in [-0.05, 0) is 31.7 Å². The standard InChI is InChI=1S/C22H22F3N5O/c1-15-18(13-27-30(15)20-9-8-17(12-26-20)22(23,24)25)21(31)29-11-10-28(2)14-19(29)16-6-4-3-5-7-16/h3-9,12-13,19H,10-11,14H2,1-2H3. The Morgan fingerprint density at radius 3 is 2.45 bits per heavy atom. The lowest BCUT2D eigenvalue weighted by molar-refractivity contribution is -0.137. The van der Waals surface area contributed by atoms with Crippen molar-refractivity contribution >= 4 is 5.91 Å². The topological polar surface area (TPSA) is 54.3 Å². The second kappa shape index (κ2) is 8.14. The summed E-state index contributed by atoms with van der Waals surface area (Å²) in [6, 6.07) is 12.0. The van der Waals surface area contributed by atoms with Crippen molar-refractivity contribution in [2.75, 3.05) is 26.7 Å². The van der Waals surface area contributed by atoms with Crippen LogP contribution in [0.2, 0.25) is 0 Å². The molecule has 0 saturated carbocycles. The highest BCUT2D eigenvalue weighted by atomic mass is 19.4. The van der Waals surface area contributed by atoms with Gasteiger partial charge in [-0.15, -0.1) is 0 Å². The Bertz CT molecular complexity index is 1060. The van der Waals surface area contributed by atoms with Crippen molar-refractivity contribution in [3.63, 3.8) is 0 Å². The second-order valence-corrected chi connectivity index (χ2v) is 7.65. The van der Waals surface area contributed by atoms with Gasteiger partial charge >= 0.3 is 6.18 Å². The molecule has 1 aliphatic rings. The Kier molecular flexibility index (Phi) is 5.53. The number of hydrogen-bond donors (Lipinski definition) is 0. The summed E-state index contributed by atoms with van der Waals surface area (Å²) in [4.78, 5) is 21.3. The molecular formula is C22H22F3N5O. The van der Waals surface area contributed by atoms with E-state index in [0.717, 1.165) is 24.4 Å². The third-order valence-corrected chi connectivity index (χ3v) is 5.56. The minimum absolute atomic E-state index is 0.0978. The summed E-state index contributed by atoms with van der Waals surface area (Å²) in [6.07, 6.45) is -2.24. The number of carbonyl (C=O) groups excluding carboxylic acids is 1. The summed E-state index contributed by atoms with van der Waals surface area (Å²) in [5.41, 5.74) is 1.16. The Labute approximate surface area is 177 Å². The van der Waals surface area contributed by atoms with E-state index < -0.39 is 11.7 Å². The van der Waals surface area contributed by atoms with Gasteiger partial charge in [-0.3, -0.25) is 4.79 Å². The molecular weight excluding hydrogens is 407 g/mol. The smallest absolute Gasteiger partial charge is 0.329 e. The molecule has 1 atom stereocenters. The Hall–Kier alpha value is -3.20. The van der Waals surface area contributed by atoms with Crippen LogP contribution >= 0.6 is 0 Å². The van der Waals surface area contributed by atoms with Gasteiger partial charge in [0.2, 0.25) is 0 Å². The van der Waals surface area contributed by atoms with Gasteiger partial charge in [0.25, 0.3) is 5.91 Å². The molecule has 1 fully saturated rings. The number of halogens is 3. The van der Waals surface area contributed by atoms with Gasteiger partial charge in [-0.1, -0.05) is 30.3 Å². The zero-order valence-electron chi connectivity index (χ0n) is 17.2. The molecule has 1 aromatic carbocycles. The monoisotopic (exact) mass is 429 g/mol. The number of likely N-dealkylation sites (N-methyl/N-ethyl adjacent to an activating group) is 1. The fourth-order valence-electron chi connectivity index (χ4n) is 3.81. The third-order valence-electron chi connectivity index (χ3n) is 5.56. The molecule has 1 saturated heterocycles. The number of piperazine rings is 1. The molecule has 0 bridgehead atoms. The van der Waals surface area contributed by atoms with E-state index in [2.05, 4.69) is 15.0 Å². The van der Waals surface area contributed by atoms with Crippen molar-refractivity contribution in [3.05, 3.63) is 77.2 Å². The molecule has 9 heteroatoms. The molecule has 3 aromatic rings. The average molecular weight is 429 g/mol. The number of pyridine rings is 1. The number of carbonyl (C=O) groups is 1. The number of nitrogens with zero attached hydrogens (tertiary/aromatic N) is 5. The largest absolute Gasteiger partial charge is 0.417 e. The summed E-state index contributed by atoms with van der Waals surface area (Å²) in [6.45, 7) is 3.75. The quantitative estimate of drug-likeness (QED) is 0.637. The summed E-state index contributed by atoms with van der Waals surface area (Å²) >= 11 is 0. The maximum Gasteiger partial charge on any atom is 0.417 e. The first-order valence-electron chi connectivity index (χ1n) is 9.88. The molecule has 1 amide bonds. The molecule has 0 N–H and O–H groups in total. The number of rotatable bonds is 3. The van der Waals surface area contributed by atoms with Gasteiger partial charge in [0.15, 0.2) is 5.82 Å². The van der Waals surface area contributed by atoms with Crippen LogP contribution in [-0.2, 0) is 6.18 Å². The van der Waals surface area contributed by atoms with Crippen LogP contribution in [0.5, 0.6) is 0 Å². The molecule has 2 aromatic heterocycles. The van der Waals surface area contributed by atoms with Crippen molar-refractivity contribution in [1.29, 1.82) is 0 Å². The number of aromatic nitrogens is 3. The highest BCUT2D eigenvalue weighted by Gasteiger charge is 2.33. The van der Waals surface area contributed by atoms with Crippen molar-refractivity contribution < 1.29 is 18.0 Å². The zero-order valence-corrected chi connectivity index (χ0v) is 17.2. The maximum absolute atomic E-state index is 13.4. The fourth-order valence-corrected chi connectivity index (χ4v) is 3.81. The van der Waals surface area contributed by atoms with Gasteiger partial charge in [0.05, 0.1) is 29.1 Å². The first-order chi connectivity index (χ1) is 14.8. The van der Waals surface area contributed by atoms with Crippen LogP contribution in [-0.4, -0.2) is 57.2 Å². The van der Waals surface area contributed by atoms with Crippen LogP contribution in [0.15, 0.2) is 54.9 Å². The Morgan fingerprint density at radius 1 is 1.06 bits per heavy atom. The van der Waals surface area contributed by atoms with Gasteiger partial charge in [0.1, 0.15) is 0 Å². The van der Waals surface area contributed by atoms with Crippen molar-refractivity contribution in [3.8, 4) is 5.82 Å². The predicted octanol–water partition coefficient (Wildman–Crippen LogP) is 3.72. The first-order valence-corrected chi connectivity index (χ1v) is 9.88. The summed E-state index contributed by atoms with van der Waals surface area (Å²) in [5.74, 6) is 0.0696. The molecule has 6 nitrogen and oxygen atoms in total. The lowest BCUT2D eigenvalue weighted by atomic mass is 10.0. The molecule has 31 heavy (non-hydrogen) atoms. The van der Waals surface area contributed by atoms with E-state index in [-0.39, 0.29) is 17.8 Å². The maximum atomic E-state index is 13.4. The van der Waals surface area contributed by atoms with Crippen molar-refractivity contribution in [2.45, 2.75) is 19.1 Å². The number of alkyl halides is 3. The van der Waals surface area contributed by atoms with E-state index in [9.17, 15) is 18.0 Å². The predicted molar refractivity (Wildman–Crippen MR) is 109 cm³/mol. The number of benzene rings is 1. The third kappa shape index (κ3) is 4.18. The SMILES string of the molecule is Cc1c(C(=O)N2CCN(C)CC2c2ccccc2)cnn1-c1ccc(C(F)(F)F)cn1. The van der Waals surface area contributed by atoms with Crippen LogP contribution in [0.25, 0.3) is 5.82 Å². The minimum Gasteiger partial charge on any atom is -0.329 e. The van der Waals surface area contributed by atoms with Crippen LogP contribution in [0, 0.1) is 6.92 Å².